The van der Waals surface area contributed by atoms with Crippen molar-refractivity contribution in [3.63, 3.8) is 0 Å². The summed E-state index contributed by atoms with van der Waals surface area (Å²) in [6, 6.07) is 0. The van der Waals surface area contributed by atoms with Crippen LogP contribution in [0.5, 0.6) is 0 Å². The van der Waals surface area contributed by atoms with Crippen LogP contribution in [0.25, 0.3) is 0 Å². The Balaban J connectivity index is 2.16. The summed E-state index contributed by atoms with van der Waals surface area (Å²) in [5.41, 5.74) is -0.254. The predicted octanol–water partition coefficient (Wildman–Crippen LogP) is 1.63. The molecule has 0 aliphatic heterocycles. The molecule has 5 atom stereocenters. The van der Waals surface area contributed by atoms with Gasteiger partial charge in [-0.3, -0.25) is 0 Å². The lowest BCUT2D eigenvalue weighted by Crippen LogP contribution is -2.43. The maximum atomic E-state index is 11.4. The maximum Gasteiger partial charge on any atom is 0.331 e. The van der Waals surface area contributed by atoms with E-state index in [9.17, 15) is 19.8 Å². The zero-order valence-corrected chi connectivity index (χ0v) is 11.3. The Morgan fingerprint density at radius 1 is 1.42 bits per heavy atom. The number of carboxylic acid groups (broad SMARTS) is 1. The summed E-state index contributed by atoms with van der Waals surface area (Å²) in [5.74, 6) is -0.901. The lowest BCUT2D eigenvalue weighted by molar-refractivity contribution is -0.134. The fourth-order valence-electron chi connectivity index (χ4n) is 5.27. The molecule has 0 aromatic rings. The predicted molar refractivity (Wildman–Crippen MR) is 68.3 cm³/mol. The number of carbonyl (C=O) groups is 2. The maximum absolute atomic E-state index is 11.4. The van der Waals surface area contributed by atoms with Gasteiger partial charge in [0.05, 0.1) is 6.10 Å². The molecular formula is C15H20O4. The van der Waals surface area contributed by atoms with Crippen molar-refractivity contribution in [2.75, 3.05) is 0 Å². The van der Waals surface area contributed by atoms with Crippen molar-refractivity contribution in [1.29, 1.82) is 0 Å². The fourth-order valence-corrected chi connectivity index (χ4v) is 5.27. The highest BCUT2D eigenvalue weighted by Crippen LogP contribution is 2.70. The number of fused-ring (bicyclic) bond motifs is 1. The first-order valence-corrected chi connectivity index (χ1v) is 6.94. The topological polar surface area (TPSA) is 74.6 Å². The summed E-state index contributed by atoms with van der Waals surface area (Å²) in [5, 5.41) is 19.9. The van der Waals surface area contributed by atoms with Crippen LogP contribution in [0.15, 0.2) is 11.6 Å². The van der Waals surface area contributed by atoms with Crippen LogP contribution >= 0.6 is 0 Å². The number of hydrogen-bond acceptors (Lipinski definition) is 3. The summed E-state index contributed by atoms with van der Waals surface area (Å²) in [7, 11) is 0. The molecule has 2 bridgehead atoms. The van der Waals surface area contributed by atoms with Crippen LogP contribution < -0.4 is 0 Å². The third-order valence-corrected chi connectivity index (χ3v) is 6.13. The minimum Gasteiger partial charge on any atom is -0.478 e. The number of hydrogen-bond donors (Lipinski definition) is 2. The van der Waals surface area contributed by atoms with Crippen LogP contribution in [-0.4, -0.2) is 28.6 Å². The van der Waals surface area contributed by atoms with Crippen LogP contribution in [0, 0.1) is 28.6 Å². The minimum atomic E-state index is -0.936. The molecule has 3 rings (SSSR count). The number of rotatable bonds is 2. The van der Waals surface area contributed by atoms with Crippen molar-refractivity contribution in [2.24, 2.45) is 28.6 Å². The molecule has 0 radical (unpaired) electrons. The second-order valence-corrected chi connectivity index (χ2v) is 6.93. The molecule has 2 N–H and O–H groups in total. The number of aliphatic hydroxyl groups excluding tert-OH is 1. The molecule has 0 aromatic heterocycles. The average molecular weight is 264 g/mol. The van der Waals surface area contributed by atoms with Gasteiger partial charge in [-0.15, -0.1) is 0 Å². The van der Waals surface area contributed by atoms with Gasteiger partial charge in [0.2, 0.25) is 0 Å². The monoisotopic (exact) mass is 264 g/mol. The number of aliphatic hydroxyl groups is 1. The smallest absolute Gasteiger partial charge is 0.331 e. The lowest BCUT2D eigenvalue weighted by Gasteiger charge is -2.39. The Hall–Kier alpha value is -1.16. The van der Waals surface area contributed by atoms with Crippen molar-refractivity contribution in [3.05, 3.63) is 11.6 Å². The van der Waals surface area contributed by atoms with Gasteiger partial charge in [-0.25, -0.2) is 4.79 Å². The molecule has 0 saturated heterocycles. The molecule has 2 fully saturated rings. The van der Waals surface area contributed by atoms with Crippen LogP contribution in [0.1, 0.15) is 33.1 Å². The number of aldehydes is 1. The van der Waals surface area contributed by atoms with Gasteiger partial charge in [-0.1, -0.05) is 13.8 Å². The lowest BCUT2D eigenvalue weighted by atomic mass is 9.66. The average Bonchev–Trinajstić information content (AvgIpc) is 2.79. The van der Waals surface area contributed by atoms with E-state index in [4.69, 9.17) is 0 Å². The largest absolute Gasteiger partial charge is 0.478 e. The van der Waals surface area contributed by atoms with E-state index in [0.29, 0.717) is 12.0 Å². The molecule has 104 valence electrons. The molecule has 0 heterocycles. The van der Waals surface area contributed by atoms with Crippen molar-refractivity contribution < 1.29 is 19.8 Å². The van der Waals surface area contributed by atoms with E-state index in [1.54, 1.807) is 0 Å². The van der Waals surface area contributed by atoms with Crippen molar-refractivity contribution in [2.45, 2.75) is 39.2 Å². The van der Waals surface area contributed by atoms with Crippen molar-refractivity contribution in [3.8, 4) is 0 Å². The first kappa shape index (κ1) is 12.9. The van der Waals surface area contributed by atoms with Crippen LogP contribution in [0.4, 0.5) is 0 Å². The Morgan fingerprint density at radius 2 is 2.11 bits per heavy atom. The first-order chi connectivity index (χ1) is 8.85. The first-order valence-electron chi connectivity index (χ1n) is 6.94. The SMILES string of the molecule is CC1(C)[C@H]2C[C@@]3([C@@H](O)C=C2C(=O)O)[C@@H](C=O)CC[C@@H]13. The third kappa shape index (κ3) is 1.33. The summed E-state index contributed by atoms with van der Waals surface area (Å²) in [6.45, 7) is 4.18. The molecule has 4 nitrogen and oxygen atoms in total. The Kier molecular flexibility index (Phi) is 2.50. The van der Waals surface area contributed by atoms with Gasteiger partial charge in [0.1, 0.15) is 6.29 Å². The van der Waals surface area contributed by atoms with E-state index >= 15 is 0 Å². The molecule has 1 spiro atoms. The molecular weight excluding hydrogens is 244 g/mol. The second kappa shape index (κ2) is 3.69. The molecule has 3 aliphatic carbocycles. The van der Waals surface area contributed by atoms with Gasteiger partial charge in [0.25, 0.3) is 0 Å². The van der Waals surface area contributed by atoms with Gasteiger partial charge in [-0.05, 0) is 42.6 Å². The number of aliphatic carboxylic acids is 1. The van der Waals surface area contributed by atoms with E-state index < -0.39 is 17.5 Å². The van der Waals surface area contributed by atoms with Gasteiger partial charge >= 0.3 is 5.97 Å². The highest BCUT2D eigenvalue weighted by molar-refractivity contribution is 5.88. The zero-order chi connectivity index (χ0) is 14.0. The van der Waals surface area contributed by atoms with E-state index in [1.807, 2.05) is 0 Å². The van der Waals surface area contributed by atoms with Gasteiger partial charge in [0, 0.05) is 16.9 Å². The van der Waals surface area contributed by atoms with E-state index in [-0.39, 0.29) is 23.2 Å². The van der Waals surface area contributed by atoms with E-state index in [0.717, 1.165) is 19.1 Å². The molecule has 0 unspecified atom stereocenters. The fraction of sp³-hybridized carbons (Fsp3) is 0.733. The van der Waals surface area contributed by atoms with E-state index in [1.165, 1.54) is 6.08 Å². The standard InChI is InChI=1S/C15H20O4/c1-14(2)10-6-15(8(7-16)3-4-11(14)15)12(17)5-9(10)13(18)19/h5,7-8,10-12,17H,3-4,6H2,1-2H3,(H,18,19)/t8-,10+,11+,12+,15-/m1/s1. The highest BCUT2D eigenvalue weighted by atomic mass is 16.4. The van der Waals surface area contributed by atoms with Gasteiger partial charge in [-0.2, -0.15) is 0 Å². The summed E-state index contributed by atoms with van der Waals surface area (Å²) >= 11 is 0. The Bertz CT molecular complexity index is 479. The van der Waals surface area contributed by atoms with Crippen molar-refractivity contribution >= 4 is 12.3 Å². The number of carbonyl (C=O) groups excluding carboxylic acids is 1. The van der Waals surface area contributed by atoms with Crippen LogP contribution in [0.2, 0.25) is 0 Å². The van der Waals surface area contributed by atoms with Gasteiger partial charge in [0.15, 0.2) is 0 Å². The second-order valence-electron chi connectivity index (χ2n) is 6.93. The highest BCUT2D eigenvalue weighted by Gasteiger charge is 2.68. The molecule has 19 heavy (non-hydrogen) atoms. The molecule has 4 heteroatoms. The van der Waals surface area contributed by atoms with Crippen molar-refractivity contribution in [1.82, 2.24) is 0 Å². The zero-order valence-electron chi connectivity index (χ0n) is 11.3. The summed E-state index contributed by atoms with van der Waals surface area (Å²) in [4.78, 5) is 22.8. The summed E-state index contributed by atoms with van der Waals surface area (Å²) < 4.78 is 0. The minimum absolute atomic E-state index is 0.0545. The molecule has 0 amide bonds. The number of carboxylic acids is 1. The third-order valence-electron chi connectivity index (χ3n) is 6.13. The Morgan fingerprint density at radius 3 is 2.68 bits per heavy atom. The summed E-state index contributed by atoms with van der Waals surface area (Å²) in [6.07, 6.45) is 4.02. The normalized spacial score (nSPS) is 46.6. The van der Waals surface area contributed by atoms with Crippen LogP contribution in [-0.2, 0) is 9.59 Å². The van der Waals surface area contributed by atoms with Crippen LogP contribution in [0.3, 0.4) is 0 Å². The molecule has 0 aromatic carbocycles. The molecule has 3 aliphatic rings. The Labute approximate surface area is 112 Å². The van der Waals surface area contributed by atoms with E-state index in [2.05, 4.69) is 13.8 Å². The quantitative estimate of drug-likeness (QED) is 0.743. The van der Waals surface area contributed by atoms with Gasteiger partial charge < -0.3 is 15.0 Å². The molecule has 2 saturated carbocycles.